The molecular formula is C22H24F3N3O4S. The Balaban J connectivity index is 1.52. The fourth-order valence-corrected chi connectivity index (χ4v) is 5.16. The zero-order chi connectivity index (χ0) is 23.8. The smallest absolute Gasteiger partial charge is 0.277 e. The molecule has 0 radical (unpaired) electrons. The second-order valence-electron chi connectivity index (χ2n) is 8.30. The molecule has 0 bridgehead atoms. The summed E-state index contributed by atoms with van der Waals surface area (Å²) in [5, 5.41) is 18.5. The van der Waals surface area contributed by atoms with Gasteiger partial charge in [0.2, 0.25) is 0 Å². The molecular weight excluding hydrogens is 459 g/mol. The van der Waals surface area contributed by atoms with Gasteiger partial charge in [0.15, 0.2) is 0 Å². The van der Waals surface area contributed by atoms with E-state index in [2.05, 4.69) is 14.4 Å². The molecule has 0 amide bonds. The van der Waals surface area contributed by atoms with E-state index in [0.717, 1.165) is 11.6 Å². The summed E-state index contributed by atoms with van der Waals surface area (Å²) in [5.74, 6) is -1.91. The van der Waals surface area contributed by atoms with Crippen molar-refractivity contribution in [2.45, 2.75) is 24.9 Å². The minimum absolute atomic E-state index is 0.00114. The van der Waals surface area contributed by atoms with Crippen molar-refractivity contribution in [3.05, 3.63) is 59.4 Å². The molecule has 1 fully saturated rings. The number of aromatic amines is 1. The van der Waals surface area contributed by atoms with Gasteiger partial charge in [0.25, 0.3) is 10.2 Å². The van der Waals surface area contributed by atoms with E-state index < -0.39 is 40.4 Å². The van der Waals surface area contributed by atoms with E-state index in [0.29, 0.717) is 29.5 Å². The highest BCUT2D eigenvalue weighted by molar-refractivity contribution is 7.87. The second kappa shape index (κ2) is 9.43. The summed E-state index contributed by atoms with van der Waals surface area (Å²) in [4.78, 5) is 3.02. The fraction of sp³-hybridized carbons (Fsp3) is 0.364. The van der Waals surface area contributed by atoms with E-state index in [9.17, 15) is 26.7 Å². The molecule has 7 nitrogen and oxygen atoms in total. The lowest BCUT2D eigenvalue weighted by molar-refractivity contribution is 0.0987. The molecule has 0 aliphatic heterocycles. The van der Waals surface area contributed by atoms with Crippen molar-refractivity contribution in [1.82, 2.24) is 14.4 Å². The average Bonchev–Trinajstić information content (AvgIpc) is 3.11. The van der Waals surface area contributed by atoms with E-state index in [1.165, 1.54) is 18.2 Å². The molecule has 2 aromatic carbocycles. The summed E-state index contributed by atoms with van der Waals surface area (Å²) >= 11 is 0. The van der Waals surface area contributed by atoms with E-state index in [1.807, 2.05) is 0 Å². The van der Waals surface area contributed by atoms with Crippen molar-refractivity contribution in [3.8, 4) is 11.3 Å². The third kappa shape index (κ3) is 5.22. The van der Waals surface area contributed by atoms with Gasteiger partial charge in [0, 0.05) is 24.5 Å². The van der Waals surface area contributed by atoms with Crippen LogP contribution in [0.3, 0.4) is 0 Å². The first kappa shape index (κ1) is 23.7. The van der Waals surface area contributed by atoms with Gasteiger partial charge in [-0.1, -0.05) is 0 Å². The third-order valence-corrected chi connectivity index (χ3v) is 7.02. The van der Waals surface area contributed by atoms with Gasteiger partial charge in [-0.15, -0.1) is 0 Å². The van der Waals surface area contributed by atoms with Gasteiger partial charge in [0.05, 0.1) is 23.9 Å². The van der Waals surface area contributed by atoms with E-state index in [1.54, 1.807) is 12.1 Å². The number of halogens is 3. The van der Waals surface area contributed by atoms with Crippen LogP contribution in [0, 0.1) is 23.4 Å². The Morgan fingerprint density at radius 1 is 1.06 bits per heavy atom. The van der Waals surface area contributed by atoms with Crippen molar-refractivity contribution in [3.63, 3.8) is 0 Å². The van der Waals surface area contributed by atoms with E-state index >= 15 is 0 Å². The van der Waals surface area contributed by atoms with Crippen molar-refractivity contribution >= 4 is 21.1 Å². The average molecular weight is 484 g/mol. The Kier molecular flexibility index (Phi) is 6.78. The number of H-pyrrole nitrogens is 1. The first-order chi connectivity index (χ1) is 15.7. The molecule has 0 spiro atoms. The lowest BCUT2D eigenvalue weighted by Crippen LogP contribution is -2.44. The highest BCUT2D eigenvalue weighted by Crippen LogP contribution is 2.48. The first-order valence-electron chi connectivity index (χ1n) is 10.5. The molecule has 0 unspecified atom stereocenters. The highest BCUT2D eigenvalue weighted by atomic mass is 32.2. The summed E-state index contributed by atoms with van der Waals surface area (Å²) < 4.78 is 70.4. The van der Waals surface area contributed by atoms with Crippen LogP contribution in [0.1, 0.15) is 24.3 Å². The Labute approximate surface area is 188 Å². The molecule has 1 saturated carbocycles. The quantitative estimate of drug-likeness (QED) is 0.322. The maximum atomic E-state index is 14.4. The lowest BCUT2D eigenvalue weighted by Gasteiger charge is -2.36. The van der Waals surface area contributed by atoms with Crippen LogP contribution in [0.2, 0.25) is 0 Å². The Bertz CT molecular complexity index is 1240. The van der Waals surface area contributed by atoms with Crippen LogP contribution >= 0.6 is 0 Å². The number of aliphatic hydroxyl groups is 2. The monoisotopic (exact) mass is 483 g/mol. The minimum Gasteiger partial charge on any atom is -0.394 e. The third-order valence-electron chi connectivity index (χ3n) is 5.92. The van der Waals surface area contributed by atoms with Crippen LogP contribution in [0.25, 0.3) is 22.2 Å². The number of rotatable bonds is 9. The van der Waals surface area contributed by atoms with Gasteiger partial charge in [-0.3, -0.25) is 0 Å². The first-order valence-corrected chi connectivity index (χ1v) is 11.9. The summed E-state index contributed by atoms with van der Waals surface area (Å²) in [6.45, 7) is -0.723. The normalized spacial score (nSPS) is 19.5. The molecule has 178 valence electrons. The van der Waals surface area contributed by atoms with Crippen LogP contribution in [0.15, 0.2) is 36.4 Å². The van der Waals surface area contributed by atoms with Crippen molar-refractivity contribution in [2.24, 2.45) is 5.92 Å². The molecule has 1 atom stereocenters. The molecule has 1 aromatic heterocycles. The number of benzene rings is 2. The van der Waals surface area contributed by atoms with Crippen LogP contribution in [-0.2, 0) is 10.2 Å². The van der Waals surface area contributed by atoms with Crippen LogP contribution < -0.4 is 9.44 Å². The van der Waals surface area contributed by atoms with Gasteiger partial charge in [-0.25, -0.2) is 17.9 Å². The summed E-state index contributed by atoms with van der Waals surface area (Å²) in [6.07, 6.45) is -0.0236. The van der Waals surface area contributed by atoms with Crippen molar-refractivity contribution < 1.29 is 31.8 Å². The van der Waals surface area contributed by atoms with Gasteiger partial charge >= 0.3 is 0 Å². The topological polar surface area (TPSA) is 114 Å². The second-order valence-corrected chi connectivity index (χ2v) is 9.89. The van der Waals surface area contributed by atoms with Gasteiger partial charge in [-0.05, 0) is 66.1 Å². The molecule has 1 aliphatic carbocycles. The number of aliphatic hydroxyl groups excluding tert-OH is 2. The molecule has 3 aromatic rings. The molecule has 0 saturated heterocycles. The van der Waals surface area contributed by atoms with Gasteiger partial charge in [-0.2, -0.15) is 13.1 Å². The standard InChI is InChI=1S/C22H24F3N3O4S/c23-15-3-1-13(2-4-15)21-20(18-7-16(24)8-19(25)22(18)28-21)14-5-12(6-14)9-26-33(31,32)27-10-17(30)11-29/h1-4,7-8,12,14,17,26-30H,5-6,9-11H2/t12?,14?,17-/m1/s1. The minimum atomic E-state index is -3.84. The van der Waals surface area contributed by atoms with E-state index in [4.69, 9.17) is 5.11 Å². The lowest BCUT2D eigenvalue weighted by atomic mass is 9.70. The van der Waals surface area contributed by atoms with Crippen LogP contribution in [-0.4, -0.2) is 49.4 Å². The molecule has 11 heteroatoms. The Hall–Kier alpha value is -2.44. The molecule has 1 heterocycles. The van der Waals surface area contributed by atoms with Crippen molar-refractivity contribution in [2.75, 3.05) is 19.7 Å². The van der Waals surface area contributed by atoms with Crippen molar-refractivity contribution in [1.29, 1.82) is 0 Å². The fourth-order valence-electron chi connectivity index (χ4n) is 4.20. The highest BCUT2D eigenvalue weighted by Gasteiger charge is 2.35. The summed E-state index contributed by atoms with van der Waals surface area (Å²) in [5.41, 5.74) is 2.11. The van der Waals surface area contributed by atoms with Crippen LogP contribution in [0.5, 0.6) is 0 Å². The molecule has 33 heavy (non-hydrogen) atoms. The maximum Gasteiger partial charge on any atom is 0.277 e. The Morgan fingerprint density at radius 3 is 2.42 bits per heavy atom. The Morgan fingerprint density at radius 2 is 1.76 bits per heavy atom. The zero-order valence-corrected chi connectivity index (χ0v) is 18.3. The van der Waals surface area contributed by atoms with Gasteiger partial charge in [0.1, 0.15) is 17.5 Å². The van der Waals surface area contributed by atoms with E-state index in [-0.39, 0.29) is 30.4 Å². The number of hydrogen-bond donors (Lipinski definition) is 5. The maximum absolute atomic E-state index is 14.4. The number of aromatic nitrogens is 1. The summed E-state index contributed by atoms with van der Waals surface area (Å²) in [6, 6.07) is 7.78. The van der Waals surface area contributed by atoms with Gasteiger partial charge < -0.3 is 15.2 Å². The number of fused-ring (bicyclic) bond motifs is 1. The molecule has 1 aliphatic rings. The predicted octanol–water partition coefficient (Wildman–Crippen LogP) is 2.52. The molecule has 5 N–H and O–H groups in total. The van der Waals surface area contributed by atoms with Crippen LogP contribution in [0.4, 0.5) is 13.2 Å². The predicted molar refractivity (Wildman–Crippen MR) is 117 cm³/mol. The largest absolute Gasteiger partial charge is 0.394 e. The number of hydrogen-bond acceptors (Lipinski definition) is 4. The SMILES string of the molecule is O=S(=O)(NCC1CC(c2c(-c3ccc(F)cc3)[nH]c3c(F)cc(F)cc23)C1)NC[C@@H](O)CO. The zero-order valence-electron chi connectivity index (χ0n) is 17.5. The summed E-state index contributed by atoms with van der Waals surface area (Å²) in [7, 11) is -3.84. The molecule has 4 rings (SSSR count). The number of nitrogens with one attached hydrogen (secondary N) is 3.